The summed E-state index contributed by atoms with van der Waals surface area (Å²) in [6, 6.07) is 0.0205. The van der Waals surface area contributed by atoms with Crippen LogP contribution in [-0.4, -0.2) is 41.8 Å². The van der Waals surface area contributed by atoms with Crippen LogP contribution in [0.15, 0.2) is 4.79 Å². The summed E-state index contributed by atoms with van der Waals surface area (Å²) in [4.78, 5) is 20.8. The van der Waals surface area contributed by atoms with Crippen LogP contribution in [0.4, 0.5) is 10.3 Å². The highest BCUT2D eigenvalue weighted by molar-refractivity contribution is 5.34. The summed E-state index contributed by atoms with van der Waals surface area (Å²) >= 11 is 0. The van der Waals surface area contributed by atoms with E-state index in [9.17, 15) is 9.18 Å². The molecule has 28 heavy (non-hydrogen) atoms. The summed E-state index contributed by atoms with van der Waals surface area (Å²) in [6.07, 6.45) is 4.70. The van der Waals surface area contributed by atoms with Crippen LogP contribution in [0.1, 0.15) is 81.9 Å². The molecule has 7 heteroatoms. The van der Waals surface area contributed by atoms with E-state index in [1.54, 1.807) is 0 Å². The van der Waals surface area contributed by atoms with Gasteiger partial charge in [-0.15, -0.1) is 0 Å². The Morgan fingerprint density at radius 1 is 1.14 bits per heavy atom. The van der Waals surface area contributed by atoms with Crippen molar-refractivity contribution in [3.63, 3.8) is 0 Å². The van der Waals surface area contributed by atoms with Crippen LogP contribution in [0.3, 0.4) is 0 Å². The summed E-state index contributed by atoms with van der Waals surface area (Å²) in [5.74, 6) is 1.44. The molecule has 1 aliphatic carbocycles. The Morgan fingerprint density at radius 2 is 1.82 bits per heavy atom. The van der Waals surface area contributed by atoms with Gasteiger partial charge in [0.05, 0.1) is 5.69 Å². The van der Waals surface area contributed by atoms with Crippen molar-refractivity contribution in [2.24, 2.45) is 11.7 Å². The van der Waals surface area contributed by atoms with Crippen LogP contribution in [0.5, 0.6) is 0 Å². The highest BCUT2D eigenvalue weighted by atomic mass is 19.1. The Balaban J connectivity index is 1.83. The first kappa shape index (κ1) is 21.2. The molecule has 0 bridgehead atoms. The lowest BCUT2D eigenvalue weighted by molar-refractivity contribution is 0.234. The van der Waals surface area contributed by atoms with Crippen LogP contribution in [0.25, 0.3) is 0 Å². The third kappa shape index (κ3) is 5.54. The second kappa shape index (κ2) is 9.83. The topological polar surface area (TPSA) is 95.8 Å². The number of alkyl halides is 1. The molecule has 3 rings (SSSR count). The summed E-state index contributed by atoms with van der Waals surface area (Å²) in [5.41, 5.74) is 7.84. The summed E-state index contributed by atoms with van der Waals surface area (Å²) in [5, 5.41) is 6.62. The first-order chi connectivity index (χ1) is 13.4. The smallest absolute Gasteiger partial charge is 0.256 e. The first-order valence-electron chi connectivity index (χ1n) is 10.9. The largest absolute Gasteiger partial charge is 0.354 e. The van der Waals surface area contributed by atoms with Crippen molar-refractivity contribution >= 4 is 5.95 Å². The van der Waals surface area contributed by atoms with Gasteiger partial charge >= 0.3 is 0 Å². The summed E-state index contributed by atoms with van der Waals surface area (Å²) < 4.78 is 13.6. The number of piperidine rings is 1. The summed E-state index contributed by atoms with van der Waals surface area (Å²) in [7, 11) is 0. The maximum absolute atomic E-state index is 13.6. The minimum absolute atomic E-state index is 0.0205. The first-order valence-corrected chi connectivity index (χ1v) is 10.9. The Bertz CT molecular complexity index is 678. The lowest BCUT2D eigenvalue weighted by atomic mass is 9.80. The molecule has 0 spiro atoms. The van der Waals surface area contributed by atoms with E-state index in [2.05, 4.69) is 29.5 Å². The zero-order valence-electron chi connectivity index (χ0n) is 17.3. The molecule has 1 aromatic rings. The zero-order chi connectivity index (χ0) is 20.1. The van der Waals surface area contributed by atoms with Crippen molar-refractivity contribution in [1.29, 1.82) is 0 Å². The van der Waals surface area contributed by atoms with E-state index < -0.39 is 6.17 Å². The Labute approximate surface area is 167 Å². The van der Waals surface area contributed by atoms with Crippen molar-refractivity contribution in [1.82, 2.24) is 15.3 Å². The van der Waals surface area contributed by atoms with Gasteiger partial charge in [-0.25, -0.2) is 9.37 Å². The number of hydrogen-bond donors (Lipinski definition) is 4. The van der Waals surface area contributed by atoms with Crippen molar-refractivity contribution in [2.75, 3.05) is 25.0 Å². The van der Waals surface area contributed by atoms with Gasteiger partial charge in [-0.2, -0.15) is 0 Å². The number of aromatic nitrogens is 2. The minimum atomic E-state index is -0.728. The fourth-order valence-corrected chi connectivity index (χ4v) is 4.64. The van der Waals surface area contributed by atoms with Crippen molar-refractivity contribution in [3.8, 4) is 0 Å². The number of rotatable bonds is 7. The predicted molar refractivity (Wildman–Crippen MR) is 112 cm³/mol. The number of halogens is 1. The predicted octanol–water partition coefficient (Wildman–Crippen LogP) is 3.02. The number of nitrogens with two attached hydrogens (primary N) is 1. The molecule has 2 aliphatic rings. The highest BCUT2D eigenvalue weighted by Crippen LogP contribution is 2.37. The van der Waals surface area contributed by atoms with Crippen molar-refractivity contribution in [2.45, 2.75) is 82.8 Å². The van der Waals surface area contributed by atoms with E-state index in [-0.39, 0.29) is 23.4 Å². The molecule has 6 nitrogen and oxygen atoms in total. The van der Waals surface area contributed by atoms with Crippen LogP contribution >= 0.6 is 0 Å². The molecule has 1 aromatic heterocycles. The van der Waals surface area contributed by atoms with Crippen molar-refractivity contribution in [3.05, 3.63) is 21.6 Å². The molecule has 1 saturated carbocycles. The molecule has 2 fully saturated rings. The van der Waals surface area contributed by atoms with Gasteiger partial charge in [0, 0.05) is 24.1 Å². The second-order valence-electron chi connectivity index (χ2n) is 8.96. The van der Waals surface area contributed by atoms with Crippen LogP contribution in [0.2, 0.25) is 0 Å². The fraction of sp³-hybridized carbons (Fsp3) is 0.810. The number of H-pyrrole nitrogens is 1. The van der Waals surface area contributed by atoms with E-state index in [1.807, 2.05) is 0 Å². The van der Waals surface area contributed by atoms with Gasteiger partial charge in [-0.1, -0.05) is 13.8 Å². The molecule has 0 radical (unpaired) electrons. The van der Waals surface area contributed by atoms with Crippen molar-refractivity contribution < 1.29 is 4.39 Å². The maximum Gasteiger partial charge on any atom is 0.256 e. The van der Waals surface area contributed by atoms with Crippen LogP contribution in [0, 0.1) is 5.92 Å². The van der Waals surface area contributed by atoms with E-state index in [0.29, 0.717) is 31.3 Å². The molecule has 2 heterocycles. The molecule has 1 atom stereocenters. The Morgan fingerprint density at radius 3 is 2.46 bits per heavy atom. The molecule has 158 valence electrons. The molecule has 0 amide bonds. The molecular formula is C21H36FN5O. The zero-order valence-corrected chi connectivity index (χ0v) is 17.3. The molecular weight excluding hydrogens is 357 g/mol. The van der Waals surface area contributed by atoms with Gasteiger partial charge in [0.25, 0.3) is 5.56 Å². The Kier molecular flexibility index (Phi) is 7.46. The van der Waals surface area contributed by atoms with Crippen LogP contribution < -0.4 is 21.9 Å². The van der Waals surface area contributed by atoms with Gasteiger partial charge in [0.1, 0.15) is 6.17 Å². The number of nitrogens with zero attached hydrogens (tertiary/aromatic N) is 1. The number of nitrogens with one attached hydrogen (secondary N) is 3. The second-order valence-corrected chi connectivity index (χ2v) is 8.96. The van der Waals surface area contributed by atoms with E-state index in [0.717, 1.165) is 56.5 Å². The third-order valence-electron chi connectivity index (χ3n) is 6.08. The van der Waals surface area contributed by atoms with Gasteiger partial charge in [0.15, 0.2) is 0 Å². The average molecular weight is 394 g/mol. The fourth-order valence-electron chi connectivity index (χ4n) is 4.64. The molecule has 0 aromatic carbocycles. The van der Waals surface area contributed by atoms with Gasteiger partial charge in [-0.3, -0.25) is 9.78 Å². The standard InChI is InChI=1S/C21H36FN5O/c1-13(2)11-17(23)12-25-21-26-19(15-7-9-24-10-8-15)18(20(28)27-21)14-3-5-16(22)6-4-14/h13-17,24H,3-12,23H2,1-2H3,(H2,25,26,27,28). The molecule has 5 N–H and O–H groups in total. The summed E-state index contributed by atoms with van der Waals surface area (Å²) in [6.45, 7) is 6.76. The van der Waals surface area contributed by atoms with Crippen LogP contribution in [-0.2, 0) is 0 Å². The average Bonchev–Trinajstić information content (AvgIpc) is 2.67. The quantitative estimate of drug-likeness (QED) is 0.571. The Hall–Kier alpha value is -1.47. The number of aromatic amines is 1. The van der Waals surface area contributed by atoms with E-state index in [1.165, 1.54) is 0 Å². The third-order valence-corrected chi connectivity index (χ3v) is 6.08. The SMILES string of the molecule is CC(C)CC(N)CNc1nc(C2CCNCC2)c(C2CCC(F)CC2)c(=O)[nH]1. The minimum Gasteiger partial charge on any atom is -0.354 e. The van der Waals surface area contributed by atoms with E-state index in [4.69, 9.17) is 10.7 Å². The van der Waals surface area contributed by atoms with Gasteiger partial charge in [-0.05, 0) is 69.9 Å². The lowest BCUT2D eigenvalue weighted by Gasteiger charge is -2.29. The number of hydrogen-bond acceptors (Lipinski definition) is 5. The molecule has 1 aliphatic heterocycles. The van der Waals surface area contributed by atoms with E-state index >= 15 is 0 Å². The van der Waals surface area contributed by atoms with Gasteiger partial charge < -0.3 is 16.4 Å². The normalized spacial score (nSPS) is 25.0. The monoisotopic (exact) mass is 393 g/mol. The molecule has 1 saturated heterocycles. The van der Waals surface area contributed by atoms with Gasteiger partial charge in [0.2, 0.25) is 5.95 Å². The molecule has 1 unspecified atom stereocenters. The lowest BCUT2D eigenvalue weighted by Crippen LogP contribution is -2.34. The number of anilines is 1. The maximum atomic E-state index is 13.6. The highest BCUT2D eigenvalue weighted by Gasteiger charge is 2.30.